The van der Waals surface area contributed by atoms with E-state index in [0.29, 0.717) is 16.3 Å². The third kappa shape index (κ3) is 3.79. The fourth-order valence-electron chi connectivity index (χ4n) is 1.71. The van der Waals surface area contributed by atoms with Gasteiger partial charge in [0.2, 0.25) is 0 Å². The third-order valence-electron chi connectivity index (χ3n) is 2.82. The topological polar surface area (TPSA) is 58.2 Å². The normalized spacial score (nSPS) is 10.2. The summed E-state index contributed by atoms with van der Waals surface area (Å²) in [5, 5.41) is 5.08. The highest BCUT2D eigenvalue weighted by Crippen LogP contribution is 2.19. The first-order valence-corrected chi connectivity index (χ1v) is 6.58. The summed E-state index contributed by atoms with van der Waals surface area (Å²) in [6.07, 6.45) is 0. The van der Waals surface area contributed by atoms with Crippen LogP contribution in [0, 0.1) is 18.6 Å². The zero-order valence-electron chi connectivity index (χ0n) is 11.4. The van der Waals surface area contributed by atoms with Gasteiger partial charge in [0, 0.05) is 22.5 Å². The van der Waals surface area contributed by atoms with Crippen LogP contribution in [-0.4, -0.2) is 11.8 Å². The van der Waals surface area contributed by atoms with Gasteiger partial charge in [0.25, 0.3) is 0 Å². The predicted molar refractivity (Wildman–Crippen MR) is 79.8 cm³/mol. The number of amides is 2. The summed E-state index contributed by atoms with van der Waals surface area (Å²) < 4.78 is 25.8. The number of nitrogens with one attached hydrogen (secondary N) is 2. The van der Waals surface area contributed by atoms with Crippen LogP contribution in [0.3, 0.4) is 0 Å². The number of hydrogen-bond acceptors (Lipinski definition) is 2. The number of rotatable bonds is 2. The summed E-state index contributed by atoms with van der Waals surface area (Å²) in [5.41, 5.74) is 1.09. The first-order valence-electron chi connectivity index (χ1n) is 6.20. The van der Waals surface area contributed by atoms with Crippen LogP contribution in [0.15, 0.2) is 36.4 Å². The Balaban J connectivity index is 2.05. The maximum Gasteiger partial charge on any atom is 0.314 e. The van der Waals surface area contributed by atoms with E-state index in [9.17, 15) is 18.4 Å². The van der Waals surface area contributed by atoms with Gasteiger partial charge < -0.3 is 10.6 Å². The summed E-state index contributed by atoms with van der Waals surface area (Å²) in [6.45, 7) is 1.72. The Bertz CT molecular complexity index is 750. The molecule has 0 radical (unpaired) electrons. The second-order valence-corrected chi connectivity index (χ2v) is 4.93. The molecule has 0 saturated heterocycles. The van der Waals surface area contributed by atoms with Crippen molar-refractivity contribution >= 4 is 34.8 Å². The largest absolute Gasteiger partial charge is 0.318 e. The van der Waals surface area contributed by atoms with E-state index in [1.807, 2.05) is 0 Å². The van der Waals surface area contributed by atoms with E-state index in [-0.39, 0.29) is 5.69 Å². The molecule has 7 heteroatoms. The monoisotopic (exact) mass is 324 g/mol. The molecule has 0 aliphatic heterocycles. The maximum atomic E-state index is 13.0. The lowest BCUT2D eigenvalue weighted by atomic mass is 10.2. The zero-order valence-corrected chi connectivity index (χ0v) is 12.2. The van der Waals surface area contributed by atoms with E-state index in [1.165, 1.54) is 0 Å². The minimum Gasteiger partial charge on any atom is -0.318 e. The molecule has 0 fully saturated rings. The molecule has 0 saturated carbocycles. The molecule has 2 amide bonds. The standard InChI is InChI=1S/C15H11ClF2N2O2/c1-8-6-9(16)2-5-13(8)20-15(22)14(21)19-10-3-4-11(17)12(18)7-10/h2-7H,1H3,(H,19,21)(H,20,22). The molecule has 2 rings (SSSR count). The molecule has 2 aromatic carbocycles. The molecule has 0 aliphatic carbocycles. The van der Waals surface area contributed by atoms with Gasteiger partial charge in [-0.25, -0.2) is 8.78 Å². The average molecular weight is 325 g/mol. The van der Waals surface area contributed by atoms with Gasteiger partial charge in [0.05, 0.1) is 0 Å². The number of benzene rings is 2. The lowest BCUT2D eigenvalue weighted by Crippen LogP contribution is -2.29. The number of halogens is 3. The minimum absolute atomic E-state index is 0.0214. The van der Waals surface area contributed by atoms with Crippen LogP contribution in [-0.2, 0) is 9.59 Å². The van der Waals surface area contributed by atoms with Crippen molar-refractivity contribution < 1.29 is 18.4 Å². The van der Waals surface area contributed by atoms with Gasteiger partial charge >= 0.3 is 11.8 Å². The fraction of sp³-hybridized carbons (Fsp3) is 0.0667. The molecule has 0 aliphatic rings. The summed E-state index contributed by atoms with van der Waals surface area (Å²) >= 11 is 5.79. The summed E-state index contributed by atoms with van der Waals surface area (Å²) in [5.74, 6) is -4.10. The highest BCUT2D eigenvalue weighted by molar-refractivity contribution is 6.43. The Morgan fingerprint density at radius 2 is 1.64 bits per heavy atom. The van der Waals surface area contributed by atoms with Crippen molar-refractivity contribution in [1.82, 2.24) is 0 Å². The summed E-state index contributed by atoms with van der Waals surface area (Å²) in [7, 11) is 0. The number of anilines is 2. The van der Waals surface area contributed by atoms with E-state index in [2.05, 4.69) is 10.6 Å². The van der Waals surface area contributed by atoms with Gasteiger partial charge in [0.1, 0.15) is 0 Å². The smallest absolute Gasteiger partial charge is 0.314 e. The van der Waals surface area contributed by atoms with Crippen LogP contribution < -0.4 is 10.6 Å². The van der Waals surface area contributed by atoms with E-state index < -0.39 is 23.4 Å². The molecule has 4 nitrogen and oxygen atoms in total. The highest BCUT2D eigenvalue weighted by atomic mass is 35.5. The van der Waals surface area contributed by atoms with E-state index in [1.54, 1.807) is 25.1 Å². The number of hydrogen-bond donors (Lipinski definition) is 2. The van der Waals surface area contributed by atoms with Crippen LogP contribution in [0.1, 0.15) is 5.56 Å². The van der Waals surface area contributed by atoms with Crippen LogP contribution >= 0.6 is 11.6 Å². The minimum atomic E-state index is -1.12. The molecule has 0 aromatic heterocycles. The Hall–Kier alpha value is -2.47. The zero-order chi connectivity index (χ0) is 16.3. The van der Waals surface area contributed by atoms with Gasteiger partial charge in [-0.05, 0) is 42.8 Å². The molecule has 2 N–H and O–H groups in total. The number of aryl methyl sites for hydroxylation is 1. The molecular weight excluding hydrogens is 314 g/mol. The van der Waals surface area contributed by atoms with E-state index >= 15 is 0 Å². The van der Waals surface area contributed by atoms with Crippen LogP contribution in [0.25, 0.3) is 0 Å². The van der Waals surface area contributed by atoms with Crippen molar-refractivity contribution in [2.24, 2.45) is 0 Å². The van der Waals surface area contributed by atoms with Gasteiger partial charge in [0.15, 0.2) is 11.6 Å². The predicted octanol–water partition coefficient (Wildman–Crippen LogP) is 3.50. The van der Waals surface area contributed by atoms with Crippen molar-refractivity contribution in [2.45, 2.75) is 6.92 Å². The van der Waals surface area contributed by atoms with Crippen molar-refractivity contribution in [2.75, 3.05) is 10.6 Å². The van der Waals surface area contributed by atoms with E-state index in [0.717, 1.165) is 18.2 Å². The molecule has 0 spiro atoms. The SMILES string of the molecule is Cc1cc(Cl)ccc1NC(=O)C(=O)Nc1ccc(F)c(F)c1. The number of carbonyl (C=O) groups excluding carboxylic acids is 2. The Morgan fingerprint density at radius 1 is 0.955 bits per heavy atom. The van der Waals surface area contributed by atoms with Crippen molar-refractivity contribution in [1.29, 1.82) is 0 Å². The summed E-state index contributed by atoms with van der Waals surface area (Å²) in [6, 6.07) is 7.54. The third-order valence-corrected chi connectivity index (χ3v) is 3.06. The van der Waals surface area contributed by atoms with Crippen molar-refractivity contribution in [3.05, 3.63) is 58.6 Å². The molecule has 0 atom stereocenters. The maximum absolute atomic E-state index is 13.0. The first kappa shape index (κ1) is 15.9. The van der Waals surface area contributed by atoms with E-state index in [4.69, 9.17) is 11.6 Å². The van der Waals surface area contributed by atoms with Gasteiger partial charge in [-0.15, -0.1) is 0 Å². The lowest BCUT2D eigenvalue weighted by molar-refractivity contribution is -0.133. The van der Waals surface area contributed by atoms with Crippen LogP contribution in [0.4, 0.5) is 20.2 Å². The average Bonchev–Trinajstić information content (AvgIpc) is 2.45. The molecule has 2 aromatic rings. The fourth-order valence-corrected chi connectivity index (χ4v) is 1.93. The van der Waals surface area contributed by atoms with Gasteiger partial charge in [-0.2, -0.15) is 0 Å². The van der Waals surface area contributed by atoms with Crippen molar-refractivity contribution in [3.63, 3.8) is 0 Å². The Kier molecular flexibility index (Phi) is 4.72. The van der Waals surface area contributed by atoms with Gasteiger partial charge in [-0.3, -0.25) is 9.59 Å². The summed E-state index contributed by atoms with van der Waals surface area (Å²) in [4.78, 5) is 23.5. The van der Waals surface area contributed by atoms with Crippen LogP contribution in [0.5, 0.6) is 0 Å². The van der Waals surface area contributed by atoms with Gasteiger partial charge in [-0.1, -0.05) is 11.6 Å². The quantitative estimate of drug-likeness (QED) is 0.831. The lowest BCUT2D eigenvalue weighted by Gasteiger charge is -2.09. The second kappa shape index (κ2) is 6.53. The molecular formula is C15H11ClF2N2O2. The molecule has 114 valence electrons. The Morgan fingerprint density at radius 3 is 2.27 bits per heavy atom. The molecule has 0 heterocycles. The molecule has 22 heavy (non-hydrogen) atoms. The van der Waals surface area contributed by atoms with Crippen molar-refractivity contribution in [3.8, 4) is 0 Å². The first-order chi connectivity index (χ1) is 10.4. The molecule has 0 unspecified atom stereocenters. The second-order valence-electron chi connectivity index (χ2n) is 4.50. The van der Waals surface area contributed by atoms with Crippen LogP contribution in [0.2, 0.25) is 5.02 Å². The Labute approximate surface area is 130 Å². The number of carbonyl (C=O) groups is 2. The molecule has 0 bridgehead atoms. The highest BCUT2D eigenvalue weighted by Gasteiger charge is 2.15.